The van der Waals surface area contributed by atoms with Crippen molar-refractivity contribution >= 4 is 24.0 Å². The van der Waals surface area contributed by atoms with Crippen LogP contribution in [0.25, 0.3) is 0 Å². The summed E-state index contributed by atoms with van der Waals surface area (Å²) >= 11 is 6.59. The van der Waals surface area contributed by atoms with Gasteiger partial charge in [-0.25, -0.2) is 0 Å². The molecule has 156 valence electrons. The lowest BCUT2D eigenvalue weighted by Gasteiger charge is -2.34. The number of halogens is 2. The van der Waals surface area contributed by atoms with Crippen molar-refractivity contribution < 1.29 is 0 Å². The van der Waals surface area contributed by atoms with E-state index in [4.69, 9.17) is 11.6 Å². The molecule has 1 nitrogen and oxygen atoms in total. The molecular formula is C25H37Cl2N. The van der Waals surface area contributed by atoms with Crippen molar-refractivity contribution in [3.63, 3.8) is 0 Å². The Kier molecular flexibility index (Phi) is 9.20. The van der Waals surface area contributed by atoms with Crippen molar-refractivity contribution in [3.05, 3.63) is 34.3 Å². The van der Waals surface area contributed by atoms with Gasteiger partial charge in [0.25, 0.3) is 0 Å². The van der Waals surface area contributed by atoms with Crippen molar-refractivity contribution in [3.8, 4) is 11.8 Å². The zero-order valence-electron chi connectivity index (χ0n) is 17.9. The molecule has 0 unspecified atom stereocenters. The summed E-state index contributed by atoms with van der Waals surface area (Å²) < 4.78 is 0. The summed E-state index contributed by atoms with van der Waals surface area (Å²) in [7, 11) is 0. The first-order chi connectivity index (χ1) is 13.0. The van der Waals surface area contributed by atoms with Gasteiger partial charge in [0.1, 0.15) is 0 Å². The fraction of sp³-hybridized carbons (Fsp3) is 0.680. The van der Waals surface area contributed by atoms with Crippen LogP contribution < -0.4 is 0 Å². The molecule has 1 aromatic rings. The standard InChI is InChI=1S/C25H36ClN.ClH/c1-4-27(23-10-6-5-7-11-23)18-8-9-21-12-13-22(19-24(21)26)20-14-16-25(2,3)17-15-20;/h12-13,19-20,23H,4-7,10-11,14-18H2,1-3H3;1H. The zero-order valence-corrected chi connectivity index (χ0v) is 19.5. The molecule has 28 heavy (non-hydrogen) atoms. The van der Waals surface area contributed by atoms with E-state index < -0.39 is 0 Å². The van der Waals surface area contributed by atoms with E-state index in [9.17, 15) is 0 Å². The highest BCUT2D eigenvalue weighted by atomic mass is 35.5. The van der Waals surface area contributed by atoms with Crippen molar-refractivity contribution in [2.45, 2.75) is 90.5 Å². The van der Waals surface area contributed by atoms with Gasteiger partial charge in [-0.1, -0.05) is 69.5 Å². The molecule has 0 radical (unpaired) electrons. The number of nitrogens with zero attached hydrogens (tertiary/aromatic N) is 1. The smallest absolute Gasteiger partial charge is 0.0607 e. The second-order valence-corrected chi connectivity index (χ2v) is 9.74. The van der Waals surface area contributed by atoms with Crippen LogP contribution in [0.2, 0.25) is 5.02 Å². The maximum Gasteiger partial charge on any atom is 0.0607 e. The van der Waals surface area contributed by atoms with Gasteiger partial charge >= 0.3 is 0 Å². The Labute approximate surface area is 184 Å². The monoisotopic (exact) mass is 421 g/mol. The van der Waals surface area contributed by atoms with Gasteiger partial charge in [-0.05, 0) is 74.1 Å². The van der Waals surface area contributed by atoms with Crippen LogP contribution in [-0.4, -0.2) is 24.0 Å². The highest BCUT2D eigenvalue weighted by molar-refractivity contribution is 6.31. The topological polar surface area (TPSA) is 3.24 Å². The highest BCUT2D eigenvalue weighted by Crippen LogP contribution is 2.42. The minimum absolute atomic E-state index is 0. The Hall–Kier alpha value is -0.680. The Bertz CT molecular complexity index is 670. The maximum absolute atomic E-state index is 6.59. The van der Waals surface area contributed by atoms with Gasteiger partial charge in [0.15, 0.2) is 0 Å². The average Bonchev–Trinajstić information content (AvgIpc) is 2.67. The molecule has 2 saturated carbocycles. The first kappa shape index (κ1) is 23.6. The molecule has 3 heteroatoms. The summed E-state index contributed by atoms with van der Waals surface area (Å²) in [4.78, 5) is 2.54. The molecule has 0 atom stereocenters. The van der Waals surface area contributed by atoms with E-state index in [1.807, 2.05) is 0 Å². The minimum Gasteiger partial charge on any atom is -0.290 e. The molecule has 0 spiro atoms. The molecule has 2 aliphatic carbocycles. The highest BCUT2D eigenvalue weighted by Gasteiger charge is 2.27. The van der Waals surface area contributed by atoms with Crippen LogP contribution >= 0.6 is 24.0 Å². The molecule has 3 rings (SSSR count). The van der Waals surface area contributed by atoms with Crippen molar-refractivity contribution in [1.29, 1.82) is 0 Å². The van der Waals surface area contributed by atoms with E-state index in [0.29, 0.717) is 11.3 Å². The fourth-order valence-electron chi connectivity index (χ4n) is 4.80. The maximum atomic E-state index is 6.59. The summed E-state index contributed by atoms with van der Waals surface area (Å²) in [6, 6.07) is 7.30. The van der Waals surface area contributed by atoms with E-state index in [1.165, 1.54) is 63.4 Å². The average molecular weight is 422 g/mol. The lowest BCUT2D eigenvalue weighted by Crippen LogP contribution is -2.36. The van der Waals surface area contributed by atoms with Crippen LogP contribution in [0.3, 0.4) is 0 Å². The molecular weight excluding hydrogens is 385 g/mol. The van der Waals surface area contributed by atoms with Crippen LogP contribution in [0.4, 0.5) is 0 Å². The Balaban J connectivity index is 0.00000280. The van der Waals surface area contributed by atoms with Gasteiger partial charge < -0.3 is 0 Å². The predicted octanol–water partition coefficient (Wildman–Crippen LogP) is 7.45. The van der Waals surface area contributed by atoms with E-state index >= 15 is 0 Å². The first-order valence-corrected chi connectivity index (χ1v) is 11.4. The quantitative estimate of drug-likeness (QED) is 0.456. The fourth-order valence-corrected chi connectivity index (χ4v) is 5.04. The van der Waals surface area contributed by atoms with Crippen molar-refractivity contribution in [2.24, 2.45) is 5.41 Å². The Morgan fingerprint density at radius 1 is 1.07 bits per heavy atom. The van der Waals surface area contributed by atoms with E-state index in [1.54, 1.807) is 0 Å². The van der Waals surface area contributed by atoms with Crippen molar-refractivity contribution in [2.75, 3.05) is 13.1 Å². The number of hydrogen-bond donors (Lipinski definition) is 0. The van der Waals surface area contributed by atoms with Gasteiger partial charge in [-0.2, -0.15) is 0 Å². The third-order valence-electron chi connectivity index (χ3n) is 6.81. The third-order valence-corrected chi connectivity index (χ3v) is 7.12. The zero-order chi connectivity index (χ0) is 19.3. The van der Waals surface area contributed by atoms with E-state index in [0.717, 1.165) is 29.7 Å². The summed E-state index contributed by atoms with van der Waals surface area (Å²) in [5, 5.41) is 0.825. The van der Waals surface area contributed by atoms with Gasteiger partial charge in [-0.3, -0.25) is 4.90 Å². The summed E-state index contributed by atoms with van der Waals surface area (Å²) in [5.41, 5.74) is 2.89. The lowest BCUT2D eigenvalue weighted by atomic mass is 9.71. The molecule has 0 aliphatic heterocycles. The number of benzene rings is 1. The Morgan fingerprint density at radius 2 is 1.75 bits per heavy atom. The molecule has 0 heterocycles. The number of hydrogen-bond acceptors (Lipinski definition) is 1. The SMILES string of the molecule is CCN(CC#Cc1ccc(C2CCC(C)(C)CC2)cc1Cl)C1CCCCC1.Cl. The van der Waals surface area contributed by atoms with Crippen molar-refractivity contribution in [1.82, 2.24) is 4.90 Å². The van der Waals surface area contributed by atoms with Crippen LogP contribution in [0, 0.1) is 17.3 Å². The second-order valence-electron chi connectivity index (χ2n) is 9.33. The number of rotatable bonds is 4. The lowest BCUT2D eigenvalue weighted by molar-refractivity contribution is 0.183. The summed E-state index contributed by atoms with van der Waals surface area (Å²) in [5.74, 6) is 7.39. The van der Waals surface area contributed by atoms with Crippen LogP contribution in [0.1, 0.15) is 95.6 Å². The Morgan fingerprint density at radius 3 is 2.36 bits per heavy atom. The van der Waals surface area contributed by atoms with E-state index in [2.05, 4.69) is 55.7 Å². The van der Waals surface area contributed by atoms with Gasteiger partial charge in [0, 0.05) is 11.6 Å². The summed E-state index contributed by atoms with van der Waals surface area (Å²) in [6.07, 6.45) is 12.0. The second kappa shape index (κ2) is 10.9. The molecule has 0 aromatic heterocycles. The largest absolute Gasteiger partial charge is 0.290 e. The van der Waals surface area contributed by atoms with Crippen LogP contribution in [-0.2, 0) is 0 Å². The third kappa shape index (κ3) is 6.41. The minimum atomic E-state index is 0. The molecule has 2 fully saturated rings. The van der Waals surface area contributed by atoms with Crippen LogP contribution in [0.15, 0.2) is 18.2 Å². The predicted molar refractivity (Wildman–Crippen MR) is 125 cm³/mol. The van der Waals surface area contributed by atoms with Crippen LogP contribution in [0.5, 0.6) is 0 Å². The molecule has 0 bridgehead atoms. The van der Waals surface area contributed by atoms with Gasteiger partial charge in [-0.15, -0.1) is 12.4 Å². The van der Waals surface area contributed by atoms with Gasteiger partial charge in [0.05, 0.1) is 11.6 Å². The molecule has 0 saturated heterocycles. The normalized spacial score (nSPS) is 20.3. The summed E-state index contributed by atoms with van der Waals surface area (Å²) in [6.45, 7) is 8.98. The molecule has 0 amide bonds. The first-order valence-electron chi connectivity index (χ1n) is 11.0. The molecule has 2 aliphatic rings. The molecule has 1 aromatic carbocycles. The molecule has 0 N–H and O–H groups in total. The van der Waals surface area contributed by atoms with Gasteiger partial charge in [0.2, 0.25) is 0 Å². The van der Waals surface area contributed by atoms with E-state index in [-0.39, 0.29) is 12.4 Å².